The fourth-order valence-corrected chi connectivity index (χ4v) is 2.92. The van der Waals surface area contributed by atoms with E-state index in [0.29, 0.717) is 12.0 Å². The average molecular weight is 239 g/mol. The summed E-state index contributed by atoms with van der Waals surface area (Å²) in [7, 11) is 2.13. The molecule has 2 fully saturated rings. The molecule has 2 aliphatic heterocycles. The van der Waals surface area contributed by atoms with Crippen molar-refractivity contribution in [2.24, 2.45) is 5.92 Å². The van der Waals surface area contributed by atoms with Gasteiger partial charge in [-0.25, -0.2) is 4.79 Å². The number of amides is 2. The first-order valence-electron chi connectivity index (χ1n) is 6.89. The van der Waals surface area contributed by atoms with E-state index in [1.165, 1.54) is 12.8 Å². The molecule has 0 radical (unpaired) electrons. The molecule has 17 heavy (non-hydrogen) atoms. The van der Waals surface area contributed by atoms with Crippen LogP contribution in [-0.4, -0.2) is 55.1 Å². The Kier molecular flexibility index (Phi) is 4.26. The zero-order valence-corrected chi connectivity index (χ0v) is 11.1. The van der Waals surface area contributed by atoms with Gasteiger partial charge < -0.3 is 15.1 Å². The van der Waals surface area contributed by atoms with Crippen molar-refractivity contribution in [1.82, 2.24) is 15.1 Å². The molecule has 2 amide bonds. The second kappa shape index (κ2) is 5.71. The minimum atomic E-state index is 0.150. The fraction of sp³-hybridized carbons (Fsp3) is 0.923. The minimum absolute atomic E-state index is 0.150. The molecule has 2 atom stereocenters. The van der Waals surface area contributed by atoms with E-state index in [1.807, 2.05) is 4.90 Å². The number of hydrogen-bond donors (Lipinski definition) is 1. The van der Waals surface area contributed by atoms with E-state index in [1.54, 1.807) is 0 Å². The molecule has 0 bridgehead atoms. The van der Waals surface area contributed by atoms with Gasteiger partial charge in [0.15, 0.2) is 0 Å². The summed E-state index contributed by atoms with van der Waals surface area (Å²) in [5, 5.41) is 3.18. The summed E-state index contributed by atoms with van der Waals surface area (Å²) >= 11 is 0. The monoisotopic (exact) mass is 239 g/mol. The average Bonchev–Trinajstić information content (AvgIpc) is 2.29. The molecule has 98 valence electrons. The van der Waals surface area contributed by atoms with Crippen LogP contribution in [0.3, 0.4) is 0 Å². The summed E-state index contributed by atoms with van der Waals surface area (Å²) in [5.41, 5.74) is 0. The summed E-state index contributed by atoms with van der Waals surface area (Å²) in [4.78, 5) is 16.4. The lowest BCUT2D eigenvalue weighted by atomic mass is 10.0. The highest BCUT2D eigenvalue weighted by atomic mass is 16.2. The maximum Gasteiger partial charge on any atom is 0.317 e. The highest BCUT2D eigenvalue weighted by molar-refractivity contribution is 5.74. The molecule has 2 heterocycles. The SMILES string of the molecule is CC1CCCN(C(=O)NC2CCCN(C)C2)C1. The summed E-state index contributed by atoms with van der Waals surface area (Å²) in [6, 6.07) is 0.496. The number of piperidine rings is 2. The van der Waals surface area contributed by atoms with Crippen LogP contribution in [0.5, 0.6) is 0 Å². The van der Waals surface area contributed by atoms with Gasteiger partial charge in [-0.2, -0.15) is 0 Å². The topological polar surface area (TPSA) is 35.6 Å². The summed E-state index contributed by atoms with van der Waals surface area (Å²) in [6.45, 7) is 6.24. The van der Waals surface area contributed by atoms with Crippen molar-refractivity contribution in [3.63, 3.8) is 0 Å². The van der Waals surface area contributed by atoms with Crippen molar-refractivity contribution in [3.8, 4) is 0 Å². The van der Waals surface area contributed by atoms with E-state index in [2.05, 4.69) is 24.2 Å². The van der Waals surface area contributed by atoms with Crippen LogP contribution in [0.25, 0.3) is 0 Å². The van der Waals surface area contributed by atoms with Gasteiger partial charge >= 0.3 is 6.03 Å². The number of carbonyl (C=O) groups excluding carboxylic acids is 1. The van der Waals surface area contributed by atoms with Crippen molar-refractivity contribution < 1.29 is 4.79 Å². The van der Waals surface area contributed by atoms with E-state index in [9.17, 15) is 4.79 Å². The molecule has 0 saturated carbocycles. The first-order valence-corrected chi connectivity index (χ1v) is 6.89. The summed E-state index contributed by atoms with van der Waals surface area (Å²) in [5.74, 6) is 0.656. The number of nitrogens with one attached hydrogen (secondary N) is 1. The van der Waals surface area contributed by atoms with Gasteiger partial charge in [0.2, 0.25) is 0 Å². The molecular weight excluding hydrogens is 214 g/mol. The third kappa shape index (κ3) is 3.60. The molecule has 2 aliphatic rings. The third-order valence-electron chi connectivity index (χ3n) is 3.90. The van der Waals surface area contributed by atoms with Crippen LogP contribution in [0.4, 0.5) is 4.79 Å². The lowest BCUT2D eigenvalue weighted by Crippen LogP contribution is -2.52. The molecule has 0 aromatic heterocycles. The quantitative estimate of drug-likeness (QED) is 0.753. The van der Waals surface area contributed by atoms with Crippen molar-refractivity contribution in [2.45, 2.75) is 38.6 Å². The van der Waals surface area contributed by atoms with Crippen LogP contribution in [0.1, 0.15) is 32.6 Å². The number of rotatable bonds is 1. The predicted molar refractivity (Wildman–Crippen MR) is 69.0 cm³/mol. The molecule has 2 saturated heterocycles. The highest BCUT2D eigenvalue weighted by Gasteiger charge is 2.24. The number of hydrogen-bond acceptors (Lipinski definition) is 2. The molecule has 2 unspecified atom stereocenters. The Bertz CT molecular complexity index is 269. The lowest BCUT2D eigenvalue weighted by molar-refractivity contribution is 0.156. The number of carbonyl (C=O) groups is 1. The Morgan fingerprint density at radius 2 is 1.94 bits per heavy atom. The van der Waals surface area contributed by atoms with E-state index in [4.69, 9.17) is 0 Å². The van der Waals surface area contributed by atoms with Crippen LogP contribution in [0, 0.1) is 5.92 Å². The van der Waals surface area contributed by atoms with Crippen LogP contribution in [0.15, 0.2) is 0 Å². The Morgan fingerprint density at radius 3 is 2.65 bits per heavy atom. The zero-order valence-electron chi connectivity index (χ0n) is 11.1. The molecule has 0 spiro atoms. The summed E-state index contributed by atoms with van der Waals surface area (Å²) in [6.07, 6.45) is 4.73. The standard InChI is InChI=1S/C13H25N3O/c1-11-5-3-8-16(9-11)13(17)14-12-6-4-7-15(2)10-12/h11-12H,3-10H2,1-2H3,(H,14,17). The van der Waals surface area contributed by atoms with Gasteiger partial charge in [-0.3, -0.25) is 0 Å². The van der Waals surface area contributed by atoms with Crippen molar-refractivity contribution >= 4 is 6.03 Å². The maximum atomic E-state index is 12.1. The van der Waals surface area contributed by atoms with Gasteiger partial charge in [0.1, 0.15) is 0 Å². The minimum Gasteiger partial charge on any atom is -0.334 e. The predicted octanol–water partition coefficient (Wildman–Crippen LogP) is 1.52. The molecular formula is C13H25N3O. The van der Waals surface area contributed by atoms with Gasteiger partial charge in [0.25, 0.3) is 0 Å². The smallest absolute Gasteiger partial charge is 0.317 e. The van der Waals surface area contributed by atoms with Crippen LogP contribution >= 0.6 is 0 Å². The van der Waals surface area contributed by atoms with Crippen molar-refractivity contribution in [3.05, 3.63) is 0 Å². The van der Waals surface area contributed by atoms with Crippen LogP contribution in [0.2, 0.25) is 0 Å². The van der Waals surface area contributed by atoms with Gasteiger partial charge in [0.05, 0.1) is 0 Å². The normalized spacial score (nSPS) is 31.3. The molecule has 2 rings (SSSR count). The van der Waals surface area contributed by atoms with E-state index in [0.717, 1.165) is 39.0 Å². The van der Waals surface area contributed by atoms with Crippen molar-refractivity contribution in [2.75, 3.05) is 33.2 Å². The molecule has 4 heteroatoms. The van der Waals surface area contributed by atoms with Gasteiger partial charge in [0, 0.05) is 25.7 Å². The van der Waals surface area contributed by atoms with E-state index >= 15 is 0 Å². The highest BCUT2D eigenvalue weighted by Crippen LogP contribution is 2.16. The number of likely N-dealkylation sites (tertiary alicyclic amines) is 2. The third-order valence-corrected chi connectivity index (χ3v) is 3.90. The first-order chi connectivity index (χ1) is 8.15. The molecule has 0 aromatic carbocycles. The largest absolute Gasteiger partial charge is 0.334 e. The number of nitrogens with zero attached hydrogens (tertiary/aromatic N) is 2. The first kappa shape index (κ1) is 12.7. The molecule has 0 aromatic rings. The van der Waals surface area contributed by atoms with Crippen LogP contribution < -0.4 is 5.32 Å². The Hall–Kier alpha value is -0.770. The van der Waals surface area contributed by atoms with E-state index in [-0.39, 0.29) is 6.03 Å². The summed E-state index contributed by atoms with van der Waals surface area (Å²) < 4.78 is 0. The molecule has 4 nitrogen and oxygen atoms in total. The fourth-order valence-electron chi connectivity index (χ4n) is 2.92. The maximum absolute atomic E-state index is 12.1. The van der Waals surface area contributed by atoms with E-state index < -0.39 is 0 Å². The number of urea groups is 1. The Labute approximate surface area is 104 Å². The van der Waals surface area contributed by atoms with Crippen molar-refractivity contribution in [1.29, 1.82) is 0 Å². The number of likely N-dealkylation sites (N-methyl/N-ethyl adjacent to an activating group) is 1. The lowest BCUT2D eigenvalue weighted by Gasteiger charge is -2.35. The second-order valence-corrected chi connectivity index (χ2v) is 5.74. The Balaban J connectivity index is 1.79. The Morgan fingerprint density at radius 1 is 1.18 bits per heavy atom. The van der Waals surface area contributed by atoms with Gasteiger partial charge in [-0.15, -0.1) is 0 Å². The van der Waals surface area contributed by atoms with Gasteiger partial charge in [-0.05, 0) is 45.2 Å². The van der Waals surface area contributed by atoms with Crippen LogP contribution in [-0.2, 0) is 0 Å². The molecule has 0 aliphatic carbocycles. The zero-order chi connectivity index (χ0) is 12.3. The van der Waals surface area contributed by atoms with Gasteiger partial charge in [-0.1, -0.05) is 6.92 Å². The molecule has 1 N–H and O–H groups in total. The second-order valence-electron chi connectivity index (χ2n) is 5.74.